The van der Waals surface area contributed by atoms with Crippen molar-refractivity contribution in [3.63, 3.8) is 0 Å². The van der Waals surface area contributed by atoms with E-state index in [-0.39, 0.29) is 18.2 Å². The van der Waals surface area contributed by atoms with Crippen LogP contribution in [0.1, 0.15) is 38.2 Å². The van der Waals surface area contributed by atoms with Crippen molar-refractivity contribution < 1.29 is 19.5 Å². The molecule has 0 radical (unpaired) electrons. The van der Waals surface area contributed by atoms with E-state index in [9.17, 15) is 14.4 Å². The summed E-state index contributed by atoms with van der Waals surface area (Å²) in [6.07, 6.45) is 1.47. The van der Waals surface area contributed by atoms with Crippen molar-refractivity contribution in [3.05, 3.63) is 29.8 Å². The molecule has 1 aromatic carbocycles. The van der Waals surface area contributed by atoms with Crippen molar-refractivity contribution in [1.29, 1.82) is 0 Å². The first-order valence-electron chi connectivity index (χ1n) is 6.82. The second kappa shape index (κ2) is 8.73. The van der Waals surface area contributed by atoms with Gasteiger partial charge in [-0.05, 0) is 30.5 Å². The van der Waals surface area contributed by atoms with E-state index in [1.54, 1.807) is 18.2 Å². The fraction of sp³-hybridized carbons (Fsp3) is 0.400. The molecule has 0 saturated heterocycles. The van der Waals surface area contributed by atoms with Gasteiger partial charge in [-0.1, -0.05) is 12.1 Å². The van der Waals surface area contributed by atoms with Gasteiger partial charge in [0.2, 0.25) is 11.8 Å². The molecule has 0 unspecified atom stereocenters. The largest absolute Gasteiger partial charge is 0.481 e. The van der Waals surface area contributed by atoms with Crippen LogP contribution in [0.5, 0.6) is 0 Å². The highest BCUT2D eigenvalue weighted by Crippen LogP contribution is 2.10. The summed E-state index contributed by atoms with van der Waals surface area (Å²) >= 11 is 0. The van der Waals surface area contributed by atoms with Crippen LogP contribution in [0, 0.1) is 0 Å². The molecule has 0 aliphatic heterocycles. The molecular formula is C15H20N2O4. The van der Waals surface area contributed by atoms with Crippen molar-refractivity contribution in [2.75, 3.05) is 5.32 Å². The van der Waals surface area contributed by atoms with E-state index in [1.165, 1.54) is 6.92 Å². The topological polar surface area (TPSA) is 95.5 Å². The number of rotatable bonds is 8. The molecule has 0 heterocycles. The fourth-order valence-electron chi connectivity index (χ4n) is 1.81. The van der Waals surface area contributed by atoms with Gasteiger partial charge in [0.05, 0.1) is 0 Å². The molecule has 6 heteroatoms. The number of nitrogens with one attached hydrogen (secondary N) is 2. The highest BCUT2D eigenvalue weighted by atomic mass is 16.4. The minimum Gasteiger partial charge on any atom is -0.481 e. The molecule has 0 atom stereocenters. The highest BCUT2D eigenvalue weighted by molar-refractivity contribution is 5.88. The number of hydrogen-bond donors (Lipinski definition) is 3. The number of hydrogen-bond acceptors (Lipinski definition) is 3. The van der Waals surface area contributed by atoms with Gasteiger partial charge in [-0.3, -0.25) is 14.4 Å². The molecule has 1 rings (SSSR count). The van der Waals surface area contributed by atoms with Crippen LogP contribution in [0.3, 0.4) is 0 Å². The Bertz CT molecular complexity index is 514. The van der Waals surface area contributed by atoms with E-state index in [1.807, 2.05) is 6.07 Å². The summed E-state index contributed by atoms with van der Waals surface area (Å²) in [5.74, 6) is -1.09. The molecule has 0 aliphatic carbocycles. The molecule has 0 bridgehead atoms. The summed E-state index contributed by atoms with van der Waals surface area (Å²) in [5.41, 5.74) is 1.58. The van der Waals surface area contributed by atoms with Crippen molar-refractivity contribution in [1.82, 2.24) is 5.32 Å². The Balaban J connectivity index is 2.32. The maximum atomic E-state index is 11.6. The number of carbonyl (C=O) groups is 3. The van der Waals surface area contributed by atoms with Gasteiger partial charge in [0.25, 0.3) is 0 Å². The van der Waals surface area contributed by atoms with Crippen molar-refractivity contribution in [2.45, 2.75) is 39.2 Å². The molecule has 0 aliphatic rings. The van der Waals surface area contributed by atoms with Crippen LogP contribution in [0.25, 0.3) is 0 Å². The van der Waals surface area contributed by atoms with E-state index in [4.69, 9.17) is 5.11 Å². The summed E-state index contributed by atoms with van der Waals surface area (Å²) < 4.78 is 0. The molecule has 114 valence electrons. The Kier molecular flexibility index (Phi) is 6.94. The van der Waals surface area contributed by atoms with E-state index in [0.717, 1.165) is 5.56 Å². The zero-order chi connectivity index (χ0) is 15.7. The average molecular weight is 292 g/mol. The standard InChI is InChI=1S/C15H20N2O4/c1-11(18)17-13-6-4-5-12(9-13)10-16-14(19)7-2-3-8-15(20)21/h4-6,9H,2-3,7-8,10H2,1H3,(H,16,19)(H,17,18)(H,20,21). The van der Waals surface area contributed by atoms with Crippen molar-refractivity contribution in [3.8, 4) is 0 Å². The molecule has 1 aromatic rings. The van der Waals surface area contributed by atoms with Crippen LogP contribution >= 0.6 is 0 Å². The normalized spacial score (nSPS) is 9.95. The molecular weight excluding hydrogens is 272 g/mol. The Morgan fingerprint density at radius 3 is 2.52 bits per heavy atom. The third-order valence-corrected chi connectivity index (χ3v) is 2.78. The maximum Gasteiger partial charge on any atom is 0.303 e. The van der Waals surface area contributed by atoms with Gasteiger partial charge in [0.15, 0.2) is 0 Å². The lowest BCUT2D eigenvalue weighted by atomic mass is 10.1. The number of benzene rings is 1. The molecule has 3 N–H and O–H groups in total. The van der Waals surface area contributed by atoms with Crippen LogP contribution in [0.4, 0.5) is 5.69 Å². The molecule has 6 nitrogen and oxygen atoms in total. The number of anilines is 1. The van der Waals surface area contributed by atoms with Crippen molar-refractivity contribution >= 4 is 23.5 Å². The summed E-state index contributed by atoms with van der Waals surface area (Å²) in [5, 5.41) is 13.9. The van der Waals surface area contributed by atoms with Gasteiger partial charge >= 0.3 is 5.97 Å². The van der Waals surface area contributed by atoms with Gasteiger partial charge in [0, 0.05) is 32.0 Å². The first-order chi connectivity index (χ1) is 9.97. The van der Waals surface area contributed by atoms with Gasteiger partial charge in [-0.25, -0.2) is 0 Å². The van der Waals surface area contributed by atoms with Gasteiger partial charge in [-0.15, -0.1) is 0 Å². The molecule has 21 heavy (non-hydrogen) atoms. The molecule has 0 fully saturated rings. The smallest absolute Gasteiger partial charge is 0.303 e. The monoisotopic (exact) mass is 292 g/mol. The lowest BCUT2D eigenvalue weighted by Crippen LogP contribution is -2.22. The SMILES string of the molecule is CC(=O)Nc1cccc(CNC(=O)CCCCC(=O)O)c1. The van der Waals surface area contributed by atoms with Crippen LogP contribution in [-0.4, -0.2) is 22.9 Å². The zero-order valence-electron chi connectivity index (χ0n) is 12.0. The van der Waals surface area contributed by atoms with Crippen LogP contribution in [0.2, 0.25) is 0 Å². The second-order valence-corrected chi connectivity index (χ2v) is 4.76. The highest BCUT2D eigenvalue weighted by Gasteiger charge is 2.04. The van der Waals surface area contributed by atoms with Crippen molar-refractivity contribution in [2.24, 2.45) is 0 Å². The number of aliphatic carboxylic acids is 1. The average Bonchev–Trinajstić information content (AvgIpc) is 2.41. The summed E-state index contributed by atoms with van der Waals surface area (Å²) in [7, 11) is 0. The predicted octanol–water partition coefficient (Wildman–Crippen LogP) is 1.91. The predicted molar refractivity (Wildman–Crippen MR) is 78.7 cm³/mol. The van der Waals surface area contributed by atoms with E-state index in [2.05, 4.69) is 10.6 Å². The third-order valence-electron chi connectivity index (χ3n) is 2.78. The zero-order valence-corrected chi connectivity index (χ0v) is 12.0. The minimum absolute atomic E-state index is 0.0893. The molecule has 0 aromatic heterocycles. The number of carbonyl (C=O) groups excluding carboxylic acids is 2. The van der Waals surface area contributed by atoms with Gasteiger partial charge in [0.1, 0.15) is 0 Å². The van der Waals surface area contributed by atoms with Crippen LogP contribution in [0.15, 0.2) is 24.3 Å². The number of carboxylic acids is 1. The molecule has 0 spiro atoms. The van der Waals surface area contributed by atoms with Gasteiger partial charge < -0.3 is 15.7 Å². The lowest BCUT2D eigenvalue weighted by Gasteiger charge is -2.07. The van der Waals surface area contributed by atoms with E-state index >= 15 is 0 Å². The molecule has 0 saturated carbocycles. The third kappa shape index (κ3) is 7.71. The minimum atomic E-state index is -0.842. The first kappa shape index (κ1) is 16.7. The number of unbranched alkanes of at least 4 members (excludes halogenated alkanes) is 1. The quantitative estimate of drug-likeness (QED) is 0.638. The van der Waals surface area contributed by atoms with Crippen LogP contribution < -0.4 is 10.6 Å². The maximum absolute atomic E-state index is 11.6. The fourth-order valence-corrected chi connectivity index (χ4v) is 1.81. The Labute approximate surface area is 123 Å². The number of carboxylic acid groups (broad SMARTS) is 1. The Morgan fingerprint density at radius 2 is 1.86 bits per heavy atom. The summed E-state index contributed by atoms with van der Waals surface area (Å²) in [6, 6.07) is 7.24. The van der Waals surface area contributed by atoms with E-state index in [0.29, 0.717) is 31.5 Å². The Morgan fingerprint density at radius 1 is 1.14 bits per heavy atom. The Hall–Kier alpha value is -2.37. The van der Waals surface area contributed by atoms with Crippen LogP contribution in [-0.2, 0) is 20.9 Å². The summed E-state index contributed by atoms with van der Waals surface area (Å²) in [6.45, 7) is 1.82. The number of amides is 2. The summed E-state index contributed by atoms with van der Waals surface area (Å²) in [4.78, 5) is 32.9. The molecule has 2 amide bonds. The van der Waals surface area contributed by atoms with Gasteiger partial charge in [-0.2, -0.15) is 0 Å². The van der Waals surface area contributed by atoms with E-state index < -0.39 is 5.97 Å². The second-order valence-electron chi connectivity index (χ2n) is 4.76. The first-order valence-corrected chi connectivity index (χ1v) is 6.82. The lowest BCUT2D eigenvalue weighted by molar-refractivity contribution is -0.137.